The Bertz CT molecular complexity index is 455. The number of hydrogen-bond acceptors (Lipinski definition) is 2. The number of aliphatic hydroxyl groups excluding tert-OH is 1. The molecule has 1 rings (SSSR count). The van der Waals surface area contributed by atoms with Crippen LogP contribution >= 0.6 is 0 Å². The van der Waals surface area contributed by atoms with Crippen LogP contribution in [0.25, 0.3) is 0 Å². The predicted molar refractivity (Wildman–Crippen MR) is 72.2 cm³/mol. The second-order valence-electron chi connectivity index (χ2n) is 4.87. The van der Waals surface area contributed by atoms with Gasteiger partial charge in [0.05, 0.1) is 6.04 Å². The molecule has 0 saturated carbocycles. The highest BCUT2D eigenvalue weighted by molar-refractivity contribution is 5.74. The van der Waals surface area contributed by atoms with Gasteiger partial charge in [0, 0.05) is 13.2 Å². The number of carbonyl (C=O) groups excluding carboxylic acids is 1. The molecule has 0 aliphatic heterocycles. The van der Waals surface area contributed by atoms with Crippen LogP contribution in [-0.2, 0) is 0 Å². The van der Waals surface area contributed by atoms with Crippen molar-refractivity contribution in [1.29, 1.82) is 0 Å². The number of halogens is 2. The van der Waals surface area contributed by atoms with Crippen molar-refractivity contribution in [3.63, 3.8) is 0 Å². The highest BCUT2D eigenvalue weighted by atomic mass is 19.2. The van der Waals surface area contributed by atoms with Gasteiger partial charge in [0.15, 0.2) is 11.6 Å². The van der Waals surface area contributed by atoms with Gasteiger partial charge in [0.2, 0.25) is 0 Å². The third-order valence-corrected chi connectivity index (χ3v) is 3.02. The summed E-state index contributed by atoms with van der Waals surface area (Å²) in [6.07, 6.45) is 0.610. The molecule has 1 aromatic carbocycles. The van der Waals surface area contributed by atoms with Crippen molar-refractivity contribution in [2.45, 2.75) is 26.3 Å². The van der Waals surface area contributed by atoms with Crippen LogP contribution in [0.4, 0.5) is 13.6 Å². The zero-order valence-electron chi connectivity index (χ0n) is 11.6. The predicted octanol–water partition coefficient (Wildman–Crippen LogP) is 2.34. The van der Waals surface area contributed by atoms with E-state index in [0.29, 0.717) is 18.5 Å². The van der Waals surface area contributed by atoms with Gasteiger partial charge < -0.3 is 15.7 Å². The summed E-state index contributed by atoms with van der Waals surface area (Å²) in [5.41, 5.74) is 0.488. The molecule has 2 amide bonds. The fourth-order valence-electron chi connectivity index (χ4n) is 1.70. The van der Waals surface area contributed by atoms with E-state index in [1.807, 2.05) is 6.92 Å². The van der Waals surface area contributed by atoms with E-state index in [2.05, 4.69) is 10.6 Å². The molecule has 20 heavy (non-hydrogen) atoms. The maximum Gasteiger partial charge on any atom is 0.315 e. The van der Waals surface area contributed by atoms with Crippen molar-refractivity contribution >= 4 is 6.03 Å². The quantitative estimate of drug-likeness (QED) is 0.751. The van der Waals surface area contributed by atoms with Crippen LogP contribution < -0.4 is 10.6 Å². The maximum atomic E-state index is 13.1. The van der Waals surface area contributed by atoms with E-state index in [-0.39, 0.29) is 18.6 Å². The molecule has 0 spiro atoms. The zero-order chi connectivity index (χ0) is 15.1. The van der Waals surface area contributed by atoms with Crippen LogP contribution in [0, 0.1) is 17.6 Å². The number of hydrogen-bond donors (Lipinski definition) is 3. The molecule has 112 valence electrons. The van der Waals surface area contributed by atoms with Gasteiger partial charge in [0.25, 0.3) is 0 Å². The summed E-state index contributed by atoms with van der Waals surface area (Å²) < 4.78 is 25.9. The average molecular weight is 286 g/mol. The van der Waals surface area contributed by atoms with E-state index in [0.717, 1.165) is 12.1 Å². The Morgan fingerprint density at radius 3 is 2.60 bits per heavy atom. The number of urea groups is 1. The number of rotatable bonds is 6. The van der Waals surface area contributed by atoms with Gasteiger partial charge in [-0.15, -0.1) is 0 Å². The Balaban J connectivity index is 2.46. The zero-order valence-corrected chi connectivity index (χ0v) is 11.6. The normalized spacial score (nSPS) is 13.7. The number of nitrogens with one attached hydrogen (secondary N) is 2. The van der Waals surface area contributed by atoms with Crippen LogP contribution in [0.2, 0.25) is 0 Å². The van der Waals surface area contributed by atoms with Crippen molar-refractivity contribution in [2.75, 3.05) is 13.2 Å². The number of carbonyl (C=O) groups is 1. The van der Waals surface area contributed by atoms with Crippen molar-refractivity contribution in [3.05, 3.63) is 35.4 Å². The van der Waals surface area contributed by atoms with Crippen LogP contribution in [0.5, 0.6) is 0 Å². The Morgan fingerprint density at radius 1 is 1.30 bits per heavy atom. The van der Waals surface area contributed by atoms with E-state index in [9.17, 15) is 13.6 Å². The molecule has 0 radical (unpaired) electrons. The van der Waals surface area contributed by atoms with Crippen LogP contribution in [0.15, 0.2) is 18.2 Å². The van der Waals surface area contributed by atoms with Crippen LogP contribution in [0.3, 0.4) is 0 Å². The highest BCUT2D eigenvalue weighted by Crippen LogP contribution is 2.15. The van der Waals surface area contributed by atoms with E-state index < -0.39 is 17.7 Å². The lowest BCUT2D eigenvalue weighted by atomic mass is 10.1. The first kappa shape index (κ1) is 16.4. The summed E-state index contributed by atoms with van der Waals surface area (Å²) in [6.45, 7) is 4.12. The Hall–Kier alpha value is -1.69. The largest absolute Gasteiger partial charge is 0.396 e. The lowest BCUT2D eigenvalue weighted by Crippen LogP contribution is -2.39. The molecule has 2 unspecified atom stereocenters. The van der Waals surface area contributed by atoms with Crippen LogP contribution in [-0.4, -0.2) is 24.3 Å². The minimum absolute atomic E-state index is 0.0791. The second kappa shape index (κ2) is 7.79. The van der Waals surface area contributed by atoms with Gasteiger partial charge in [-0.05, 0) is 37.0 Å². The highest BCUT2D eigenvalue weighted by Gasteiger charge is 2.12. The monoisotopic (exact) mass is 286 g/mol. The molecule has 0 saturated heterocycles. The van der Waals surface area contributed by atoms with E-state index in [4.69, 9.17) is 5.11 Å². The summed E-state index contributed by atoms with van der Waals surface area (Å²) in [5, 5.41) is 14.1. The molecule has 0 fully saturated rings. The van der Waals surface area contributed by atoms with Gasteiger partial charge in [-0.2, -0.15) is 0 Å². The van der Waals surface area contributed by atoms with Gasteiger partial charge in [-0.3, -0.25) is 0 Å². The molecule has 0 aliphatic carbocycles. The standard InChI is InChI=1S/C14H20F2N2O2/c1-9(5-6-19)8-17-14(20)18-10(2)11-3-4-12(15)13(16)7-11/h3-4,7,9-10,19H,5-6,8H2,1-2H3,(H2,17,18,20). The first-order valence-corrected chi connectivity index (χ1v) is 6.54. The maximum absolute atomic E-state index is 13.1. The molecule has 2 atom stereocenters. The number of aliphatic hydroxyl groups is 1. The summed E-state index contributed by atoms with van der Waals surface area (Å²) in [7, 11) is 0. The van der Waals surface area contributed by atoms with E-state index >= 15 is 0 Å². The van der Waals surface area contributed by atoms with Gasteiger partial charge >= 0.3 is 6.03 Å². The molecule has 1 aromatic rings. The smallest absolute Gasteiger partial charge is 0.315 e. The summed E-state index contributed by atoms with van der Waals surface area (Å²) in [4.78, 5) is 11.6. The Kier molecular flexibility index (Phi) is 6.38. The lowest BCUT2D eigenvalue weighted by Gasteiger charge is -2.17. The molecule has 0 aromatic heterocycles. The minimum Gasteiger partial charge on any atom is -0.396 e. The molecule has 0 bridgehead atoms. The summed E-state index contributed by atoms with van der Waals surface area (Å²) in [5.74, 6) is -1.68. The van der Waals surface area contributed by atoms with Crippen molar-refractivity contribution < 1.29 is 18.7 Å². The van der Waals surface area contributed by atoms with Crippen molar-refractivity contribution in [3.8, 4) is 0 Å². The number of amides is 2. The second-order valence-corrected chi connectivity index (χ2v) is 4.87. The van der Waals surface area contributed by atoms with E-state index in [1.54, 1.807) is 6.92 Å². The van der Waals surface area contributed by atoms with Gasteiger partial charge in [-0.1, -0.05) is 13.0 Å². The topological polar surface area (TPSA) is 61.4 Å². The SMILES string of the molecule is CC(CCO)CNC(=O)NC(C)c1ccc(F)c(F)c1. The van der Waals surface area contributed by atoms with Gasteiger partial charge in [0.1, 0.15) is 0 Å². The molecular formula is C14H20F2N2O2. The Morgan fingerprint density at radius 2 is 2.00 bits per heavy atom. The number of benzene rings is 1. The summed E-state index contributed by atoms with van der Waals surface area (Å²) >= 11 is 0. The first-order valence-electron chi connectivity index (χ1n) is 6.54. The van der Waals surface area contributed by atoms with E-state index in [1.165, 1.54) is 6.07 Å². The molecule has 6 heteroatoms. The third kappa shape index (κ3) is 5.13. The summed E-state index contributed by atoms with van der Waals surface area (Å²) in [6, 6.07) is 2.71. The molecule has 0 aliphatic rings. The Labute approximate surface area is 117 Å². The fourth-order valence-corrected chi connectivity index (χ4v) is 1.70. The lowest BCUT2D eigenvalue weighted by molar-refractivity contribution is 0.231. The molecular weight excluding hydrogens is 266 g/mol. The molecule has 0 heterocycles. The molecule has 4 nitrogen and oxygen atoms in total. The fraction of sp³-hybridized carbons (Fsp3) is 0.500. The van der Waals surface area contributed by atoms with Gasteiger partial charge in [-0.25, -0.2) is 13.6 Å². The van der Waals surface area contributed by atoms with Crippen molar-refractivity contribution in [2.24, 2.45) is 5.92 Å². The van der Waals surface area contributed by atoms with Crippen molar-refractivity contribution in [1.82, 2.24) is 10.6 Å². The third-order valence-electron chi connectivity index (χ3n) is 3.02. The average Bonchev–Trinajstić information content (AvgIpc) is 2.40. The first-order chi connectivity index (χ1) is 9.43. The molecule has 3 N–H and O–H groups in total. The minimum atomic E-state index is -0.937. The van der Waals surface area contributed by atoms with Crippen LogP contribution in [0.1, 0.15) is 31.9 Å².